The van der Waals surface area contributed by atoms with E-state index in [1.54, 1.807) is 18.2 Å². The summed E-state index contributed by atoms with van der Waals surface area (Å²) in [5.74, 6) is 0.149. The third-order valence-electron chi connectivity index (χ3n) is 0.990. The Morgan fingerprint density at radius 2 is 2.11 bits per heavy atom. The molecule has 0 saturated heterocycles. The van der Waals surface area contributed by atoms with Gasteiger partial charge in [-0.3, -0.25) is 0 Å². The van der Waals surface area contributed by atoms with Crippen LogP contribution in [0.2, 0.25) is 0 Å². The van der Waals surface area contributed by atoms with Crippen molar-refractivity contribution < 1.29 is 5.11 Å². The van der Waals surface area contributed by atoms with Gasteiger partial charge in [-0.25, -0.2) is 0 Å². The number of nitrogen functional groups attached to an aromatic ring is 1. The smallest absolute Gasteiger partial charge is 0.138 e. The van der Waals surface area contributed by atoms with Gasteiger partial charge in [0, 0.05) is 3.57 Å². The van der Waals surface area contributed by atoms with Crippen molar-refractivity contribution in [1.82, 2.24) is 0 Å². The molecule has 0 aliphatic rings. The van der Waals surface area contributed by atoms with Crippen LogP contribution in [0.5, 0.6) is 5.75 Å². The van der Waals surface area contributed by atoms with Crippen LogP contribution in [0.15, 0.2) is 18.2 Å². The standard InChI is InChI=1S/C6H6INO/c7-4-1-2-6(9)5(8)3-4/h1-3,9H,8H2. The predicted octanol–water partition coefficient (Wildman–Crippen LogP) is 1.58. The highest BCUT2D eigenvalue weighted by Gasteiger charge is 1.93. The molecule has 1 aromatic rings. The van der Waals surface area contributed by atoms with Crippen LogP contribution in [-0.2, 0) is 0 Å². The van der Waals surface area contributed by atoms with Gasteiger partial charge in [0.25, 0.3) is 0 Å². The van der Waals surface area contributed by atoms with Crippen LogP contribution >= 0.6 is 22.6 Å². The zero-order chi connectivity index (χ0) is 6.85. The van der Waals surface area contributed by atoms with Crippen molar-refractivity contribution >= 4 is 28.3 Å². The second-order valence-corrected chi connectivity index (χ2v) is 2.95. The van der Waals surface area contributed by atoms with Crippen LogP contribution in [0.4, 0.5) is 5.69 Å². The largest absolute Gasteiger partial charge is 0.506 e. The highest BCUT2D eigenvalue weighted by molar-refractivity contribution is 14.1. The lowest BCUT2D eigenvalue weighted by molar-refractivity contribution is 0.478. The van der Waals surface area contributed by atoms with Gasteiger partial charge in [0.05, 0.1) is 5.69 Å². The van der Waals surface area contributed by atoms with Crippen molar-refractivity contribution in [3.63, 3.8) is 0 Å². The zero-order valence-electron chi connectivity index (χ0n) is 4.63. The molecule has 48 valence electrons. The summed E-state index contributed by atoms with van der Waals surface area (Å²) in [7, 11) is 0. The molecule has 1 aromatic carbocycles. The Balaban J connectivity index is 3.17. The lowest BCUT2D eigenvalue weighted by atomic mass is 10.3. The monoisotopic (exact) mass is 235 g/mol. The molecule has 0 heterocycles. The van der Waals surface area contributed by atoms with Crippen molar-refractivity contribution in [3.8, 4) is 5.75 Å². The van der Waals surface area contributed by atoms with Gasteiger partial charge in [0.2, 0.25) is 0 Å². The number of phenols is 1. The number of nitrogens with two attached hydrogens (primary N) is 1. The van der Waals surface area contributed by atoms with Gasteiger partial charge in [0.1, 0.15) is 5.75 Å². The van der Waals surface area contributed by atoms with E-state index in [-0.39, 0.29) is 5.75 Å². The first-order valence-electron chi connectivity index (χ1n) is 2.44. The average molecular weight is 235 g/mol. The maximum Gasteiger partial charge on any atom is 0.138 e. The number of hydrogen-bond acceptors (Lipinski definition) is 2. The van der Waals surface area contributed by atoms with E-state index in [1.165, 1.54) is 0 Å². The van der Waals surface area contributed by atoms with E-state index in [1.807, 2.05) is 0 Å². The van der Waals surface area contributed by atoms with Crippen molar-refractivity contribution in [1.29, 1.82) is 0 Å². The van der Waals surface area contributed by atoms with E-state index in [0.29, 0.717) is 5.69 Å². The van der Waals surface area contributed by atoms with Gasteiger partial charge in [-0.2, -0.15) is 0 Å². The average Bonchev–Trinajstić information content (AvgIpc) is 1.80. The molecule has 0 fully saturated rings. The van der Waals surface area contributed by atoms with Crippen LogP contribution in [0.25, 0.3) is 0 Å². The Morgan fingerprint density at radius 3 is 2.56 bits per heavy atom. The Morgan fingerprint density at radius 1 is 1.44 bits per heavy atom. The van der Waals surface area contributed by atoms with E-state index >= 15 is 0 Å². The van der Waals surface area contributed by atoms with Crippen molar-refractivity contribution in [2.45, 2.75) is 0 Å². The summed E-state index contributed by atoms with van der Waals surface area (Å²) in [4.78, 5) is 0. The van der Waals surface area contributed by atoms with Gasteiger partial charge in [0.15, 0.2) is 0 Å². The third kappa shape index (κ3) is 1.48. The molecule has 3 heteroatoms. The Kier molecular flexibility index (Phi) is 1.80. The first-order chi connectivity index (χ1) is 4.20. The van der Waals surface area contributed by atoms with E-state index in [9.17, 15) is 0 Å². The van der Waals surface area contributed by atoms with Gasteiger partial charge < -0.3 is 10.8 Å². The molecule has 0 amide bonds. The zero-order valence-corrected chi connectivity index (χ0v) is 6.79. The number of rotatable bonds is 0. The fourth-order valence-corrected chi connectivity index (χ4v) is 1.04. The molecule has 3 N–H and O–H groups in total. The molecule has 9 heavy (non-hydrogen) atoms. The summed E-state index contributed by atoms with van der Waals surface area (Å²) in [5, 5.41) is 8.92. The van der Waals surface area contributed by atoms with E-state index in [0.717, 1.165) is 3.57 Å². The molecule has 2 nitrogen and oxygen atoms in total. The van der Waals surface area contributed by atoms with Gasteiger partial charge >= 0.3 is 0 Å². The molecule has 1 rings (SSSR count). The maximum atomic E-state index is 8.92. The number of aromatic hydroxyl groups is 1. The fraction of sp³-hybridized carbons (Fsp3) is 0. The van der Waals surface area contributed by atoms with Crippen molar-refractivity contribution in [2.75, 3.05) is 5.73 Å². The quantitative estimate of drug-likeness (QED) is 0.407. The Labute approximate surface area is 66.8 Å². The summed E-state index contributed by atoms with van der Waals surface area (Å²) < 4.78 is 1.03. The molecule has 0 unspecified atom stereocenters. The lowest BCUT2D eigenvalue weighted by Crippen LogP contribution is -1.84. The van der Waals surface area contributed by atoms with E-state index in [2.05, 4.69) is 22.6 Å². The molecule has 0 saturated carbocycles. The minimum Gasteiger partial charge on any atom is -0.506 e. The molecular weight excluding hydrogens is 229 g/mol. The maximum absolute atomic E-state index is 8.92. The SMILES string of the molecule is Nc1cc(I)ccc1O. The molecule has 0 aromatic heterocycles. The summed E-state index contributed by atoms with van der Waals surface area (Å²) in [5.41, 5.74) is 5.80. The summed E-state index contributed by atoms with van der Waals surface area (Å²) in [6.45, 7) is 0. The molecule has 0 aliphatic carbocycles. The number of benzene rings is 1. The minimum absolute atomic E-state index is 0.149. The fourth-order valence-electron chi connectivity index (χ4n) is 0.525. The molecule has 0 atom stereocenters. The van der Waals surface area contributed by atoms with Crippen LogP contribution in [0.1, 0.15) is 0 Å². The molecule has 0 bridgehead atoms. The number of anilines is 1. The lowest BCUT2D eigenvalue weighted by Gasteiger charge is -1.96. The number of phenolic OH excluding ortho intramolecular Hbond substituents is 1. The van der Waals surface area contributed by atoms with E-state index < -0.39 is 0 Å². The normalized spacial score (nSPS) is 9.44. The first kappa shape index (κ1) is 6.67. The first-order valence-corrected chi connectivity index (χ1v) is 3.52. The Hall–Kier alpha value is -0.450. The summed E-state index contributed by atoms with van der Waals surface area (Å²) in [6.07, 6.45) is 0. The van der Waals surface area contributed by atoms with Crippen molar-refractivity contribution in [2.24, 2.45) is 0 Å². The highest BCUT2D eigenvalue weighted by atomic mass is 127. The Bertz CT molecular complexity index is 224. The second kappa shape index (κ2) is 2.43. The van der Waals surface area contributed by atoms with Crippen LogP contribution in [-0.4, -0.2) is 5.11 Å². The number of halogens is 1. The van der Waals surface area contributed by atoms with Gasteiger partial charge in [-0.05, 0) is 40.8 Å². The van der Waals surface area contributed by atoms with Gasteiger partial charge in [-0.15, -0.1) is 0 Å². The summed E-state index contributed by atoms with van der Waals surface area (Å²) >= 11 is 2.13. The topological polar surface area (TPSA) is 46.2 Å². The van der Waals surface area contributed by atoms with Crippen LogP contribution in [0.3, 0.4) is 0 Å². The second-order valence-electron chi connectivity index (χ2n) is 1.70. The molecule has 0 aliphatic heterocycles. The molecular formula is C6H6INO. The van der Waals surface area contributed by atoms with Crippen molar-refractivity contribution in [3.05, 3.63) is 21.8 Å². The molecule has 0 spiro atoms. The third-order valence-corrected chi connectivity index (χ3v) is 1.66. The van der Waals surface area contributed by atoms with Crippen LogP contribution in [0, 0.1) is 3.57 Å². The predicted molar refractivity (Wildman–Crippen MR) is 45.2 cm³/mol. The minimum atomic E-state index is 0.149. The molecule has 0 radical (unpaired) electrons. The van der Waals surface area contributed by atoms with Gasteiger partial charge in [-0.1, -0.05) is 0 Å². The highest BCUT2D eigenvalue weighted by Crippen LogP contribution is 2.20. The van der Waals surface area contributed by atoms with E-state index in [4.69, 9.17) is 10.8 Å². The number of hydrogen-bond donors (Lipinski definition) is 2. The summed E-state index contributed by atoms with van der Waals surface area (Å²) in [6, 6.07) is 5.10. The van der Waals surface area contributed by atoms with Crippen LogP contribution < -0.4 is 5.73 Å².